The number of hydrogen-bond donors (Lipinski definition) is 3. The Labute approximate surface area is 162 Å². The minimum absolute atomic E-state index is 0.233. The van der Waals surface area contributed by atoms with Crippen molar-refractivity contribution in [3.63, 3.8) is 0 Å². The number of likely N-dealkylation sites (tertiary alicyclic amines) is 1. The lowest BCUT2D eigenvalue weighted by Gasteiger charge is -2.41. The summed E-state index contributed by atoms with van der Waals surface area (Å²) in [5.41, 5.74) is 2.95. The molecule has 0 saturated carbocycles. The molecule has 27 heavy (non-hydrogen) atoms. The molecular formula is C21H32BNO4. The number of carboxylic acid groups (broad SMARTS) is 1. The van der Waals surface area contributed by atoms with Crippen LogP contribution in [0.5, 0.6) is 0 Å². The molecule has 0 aromatic heterocycles. The quantitative estimate of drug-likeness (QED) is 0.482. The summed E-state index contributed by atoms with van der Waals surface area (Å²) in [4.78, 5) is 14.3. The number of benzene rings is 1. The van der Waals surface area contributed by atoms with E-state index in [1.165, 1.54) is 30.4 Å². The Morgan fingerprint density at radius 2 is 1.89 bits per heavy atom. The van der Waals surface area contributed by atoms with E-state index < -0.39 is 13.1 Å². The van der Waals surface area contributed by atoms with Gasteiger partial charge in [0.1, 0.15) is 0 Å². The summed E-state index contributed by atoms with van der Waals surface area (Å²) in [5, 5.41) is 27.5. The van der Waals surface area contributed by atoms with Gasteiger partial charge in [0.05, 0.1) is 5.92 Å². The maximum absolute atomic E-state index is 11.8. The van der Waals surface area contributed by atoms with Crippen LogP contribution in [0.1, 0.15) is 62.1 Å². The molecule has 1 fully saturated rings. The molecule has 1 heterocycles. The Balaban J connectivity index is 1.54. The Hall–Kier alpha value is -1.37. The lowest BCUT2D eigenvalue weighted by atomic mass is 9.78. The first-order valence-electron chi connectivity index (χ1n) is 10.5. The second kappa shape index (κ2) is 9.72. The normalized spacial score (nSPS) is 22.2. The van der Waals surface area contributed by atoms with Crippen LogP contribution in [0.15, 0.2) is 24.3 Å². The Morgan fingerprint density at radius 3 is 2.59 bits per heavy atom. The summed E-state index contributed by atoms with van der Waals surface area (Å²) in [7, 11) is -1.28. The van der Waals surface area contributed by atoms with Gasteiger partial charge in [-0.1, -0.05) is 37.1 Å². The molecule has 3 rings (SSSR count). The van der Waals surface area contributed by atoms with Gasteiger partial charge in [-0.2, -0.15) is 0 Å². The lowest BCUT2D eigenvalue weighted by Crippen LogP contribution is -2.41. The second-order valence-corrected chi connectivity index (χ2v) is 8.19. The van der Waals surface area contributed by atoms with Crippen LogP contribution in [0.25, 0.3) is 0 Å². The molecule has 5 nitrogen and oxygen atoms in total. The van der Waals surface area contributed by atoms with Crippen molar-refractivity contribution in [3.05, 3.63) is 35.4 Å². The highest BCUT2D eigenvalue weighted by atomic mass is 16.4. The van der Waals surface area contributed by atoms with E-state index in [9.17, 15) is 9.90 Å². The molecule has 1 aliphatic carbocycles. The van der Waals surface area contributed by atoms with E-state index in [0.717, 1.165) is 32.4 Å². The first-order valence-corrected chi connectivity index (χ1v) is 10.5. The van der Waals surface area contributed by atoms with E-state index in [2.05, 4.69) is 29.2 Å². The number of carbonyl (C=O) groups is 1. The Kier molecular flexibility index (Phi) is 7.33. The van der Waals surface area contributed by atoms with Gasteiger partial charge in [0.25, 0.3) is 0 Å². The molecule has 0 amide bonds. The molecule has 6 heteroatoms. The van der Waals surface area contributed by atoms with Crippen molar-refractivity contribution in [1.29, 1.82) is 0 Å². The molecule has 2 atom stereocenters. The summed E-state index contributed by atoms with van der Waals surface area (Å²) in [6.45, 7) is 1.95. The van der Waals surface area contributed by atoms with Gasteiger partial charge in [0, 0.05) is 6.04 Å². The van der Waals surface area contributed by atoms with Crippen molar-refractivity contribution < 1.29 is 19.9 Å². The fraction of sp³-hybridized carbons (Fsp3) is 0.667. The highest BCUT2D eigenvalue weighted by Crippen LogP contribution is 2.38. The second-order valence-electron chi connectivity index (χ2n) is 8.19. The summed E-state index contributed by atoms with van der Waals surface area (Å²) in [6.07, 6.45) is 7.86. The van der Waals surface area contributed by atoms with Gasteiger partial charge in [-0.25, -0.2) is 0 Å². The molecule has 2 unspecified atom stereocenters. The number of nitrogens with zero attached hydrogens (tertiary/aromatic N) is 1. The van der Waals surface area contributed by atoms with Crippen LogP contribution in [0, 0.1) is 11.8 Å². The summed E-state index contributed by atoms with van der Waals surface area (Å²) >= 11 is 0. The zero-order valence-electron chi connectivity index (χ0n) is 16.1. The standard InChI is InChI=1S/C21H32BNO4/c24-21(25)19(9-3-4-13-22(26)27)17-11-14-23(15-12-17)20-10-5-7-16-6-1-2-8-18(16)20/h1-2,6,8,17,19-20,26-27H,3-5,7,9-15H2,(H,24,25). The predicted octanol–water partition coefficient (Wildman–Crippen LogP) is 3.12. The van der Waals surface area contributed by atoms with Gasteiger partial charge in [-0.3, -0.25) is 9.69 Å². The number of aryl methyl sites for hydroxylation is 1. The predicted molar refractivity (Wildman–Crippen MR) is 106 cm³/mol. The van der Waals surface area contributed by atoms with E-state index in [-0.39, 0.29) is 11.8 Å². The van der Waals surface area contributed by atoms with Crippen LogP contribution in [0.4, 0.5) is 0 Å². The third-order valence-electron chi connectivity index (χ3n) is 6.47. The Morgan fingerprint density at radius 1 is 1.15 bits per heavy atom. The summed E-state index contributed by atoms with van der Waals surface area (Å²) in [6, 6.07) is 9.26. The zero-order valence-corrected chi connectivity index (χ0v) is 16.1. The summed E-state index contributed by atoms with van der Waals surface area (Å²) < 4.78 is 0. The van der Waals surface area contributed by atoms with E-state index in [1.807, 2.05) is 0 Å². The van der Waals surface area contributed by atoms with Gasteiger partial charge in [0.15, 0.2) is 0 Å². The van der Waals surface area contributed by atoms with Crippen molar-refractivity contribution >= 4 is 13.1 Å². The van der Waals surface area contributed by atoms with E-state index in [1.54, 1.807) is 0 Å². The van der Waals surface area contributed by atoms with E-state index in [4.69, 9.17) is 10.0 Å². The minimum Gasteiger partial charge on any atom is -0.481 e. The van der Waals surface area contributed by atoms with Crippen LogP contribution in [-0.2, 0) is 11.2 Å². The number of rotatable bonds is 8. The molecule has 148 valence electrons. The average Bonchev–Trinajstić information content (AvgIpc) is 2.67. The first kappa shape index (κ1) is 20.4. The fourth-order valence-electron chi connectivity index (χ4n) is 4.99. The lowest BCUT2D eigenvalue weighted by molar-refractivity contribution is -0.144. The average molecular weight is 373 g/mol. The molecule has 0 spiro atoms. The number of unbranched alkanes of at least 4 members (excludes halogenated alkanes) is 1. The third kappa shape index (κ3) is 5.34. The number of hydrogen-bond acceptors (Lipinski definition) is 4. The first-order chi connectivity index (χ1) is 13.1. The van der Waals surface area contributed by atoms with E-state index >= 15 is 0 Å². The van der Waals surface area contributed by atoms with Gasteiger partial charge in [-0.15, -0.1) is 0 Å². The highest BCUT2D eigenvalue weighted by Gasteiger charge is 2.34. The van der Waals surface area contributed by atoms with Crippen LogP contribution >= 0.6 is 0 Å². The SMILES string of the molecule is O=C(O)C(CCCCB(O)O)C1CCN(C2CCCc3ccccc32)CC1. The van der Waals surface area contributed by atoms with Crippen molar-refractivity contribution in [2.24, 2.45) is 11.8 Å². The largest absolute Gasteiger partial charge is 0.481 e. The Bertz CT molecular complexity index is 616. The molecule has 1 aromatic rings. The molecule has 2 aliphatic rings. The molecule has 1 aromatic carbocycles. The smallest absolute Gasteiger partial charge is 0.451 e. The molecule has 0 bridgehead atoms. The fourth-order valence-corrected chi connectivity index (χ4v) is 4.99. The summed E-state index contributed by atoms with van der Waals surface area (Å²) in [5.74, 6) is -0.765. The minimum atomic E-state index is -1.28. The van der Waals surface area contributed by atoms with Crippen LogP contribution in [0.2, 0.25) is 6.32 Å². The van der Waals surface area contributed by atoms with Crippen molar-refractivity contribution in [3.8, 4) is 0 Å². The van der Waals surface area contributed by atoms with Crippen LogP contribution in [0.3, 0.4) is 0 Å². The number of aliphatic carboxylic acids is 1. The highest BCUT2D eigenvalue weighted by molar-refractivity contribution is 6.40. The molecule has 0 radical (unpaired) electrons. The van der Waals surface area contributed by atoms with Crippen molar-refractivity contribution in [2.45, 2.75) is 63.7 Å². The van der Waals surface area contributed by atoms with Gasteiger partial charge < -0.3 is 15.2 Å². The number of fused-ring (bicyclic) bond motifs is 1. The monoisotopic (exact) mass is 373 g/mol. The molecule has 1 saturated heterocycles. The van der Waals surface area contributed by atoms with Crippen LogP contribution < -0.4 is 0 Å². The number of carboxylic acids is 1. The third-order valence-corrected chi connectivity index (χ3v) is 6.47. The molecular weight excluding hydrogens is 341 g/mol. The topological polar surface area (TPSA) is 81.0 Å². The van der Waals surface area contributed by atoms with Gasteiger partial charge >= 0.3 is 13.1 Å². The van der Waals surface area contributed by atoms with E-state index in [0.29, 0.717) is 25.2 Å². The van der Waals surface area contributed by atoms with Crippen molar-refractivity contribution in [2.75, 3.05) is 13.1 Å². The maximum atomic E-state index is 11.8. The number of piperidine rings is 1. The zero-order chi connectivity index (χ0) is 19.2. The van der Waals surface area contributed by atoms with Crippen molar-refractivity contribution in [1.82, 2.24) is 4.90 Å². The molecule has 3 N–H and O–H groups in total. The molecule has 1 aliphatic heterocycles. The van der Waals surface area contributed by atoms with Gasteiger partial charge in [-0.05, 0) is 75.0 Å². The maximum Gasteiger partial charge on any atom is 0.451 e. The van der Waals surface area contributed by atoms with Gasteiger partial charge in [0.2, 0.25) is 0 Å². The van der Waals surface area contributed by atoms with Crippen LogP contribution in [-0.4, -0.2) is 46.2 Å².